The van der Waals surface area contributed by atoms with Crippen LogP contribution in [0.15, 0.2) is 48.5 Å². The van der Waals surface area contributed by atoms with Gasteiger partial charge in [0.1, 0.15) is 12.4 Å². The number of carbonyl (C=O) groups is 2. The van der Waals surface area contributed by atoms with Crippen LogP contribution in [0.4, 0.5) is 14.9 Å². The number of rotatable bonds is 7. The Labute approximate surface area is 145 Å². The number of carbonyl (C=O) groups excluding carboxylic acids is 2. The van der Waals surface area contributed by atoms with E-state index in [1.165, 1.54) is 12.1 Å². The SMILES string of the molecule is CCCCOC(=O)c1ccc(NC(=O)OCc2ccccc2)cc1F. The topological polar surface area (TPSA) is 64.6 Å². The van der Waals surface area contributed by atoms with Crippen molar-refractivity contribution in [1.29, 1.82) is 0 Å². The summed E-state index contributed by atoms with van der Waals surface area (Å²) in [5.41, 5.74) is 0.869. The van der Waals surface area contributed by atoms with Crippen LogP contribution in [0.3, 0.4) is 0 Å². The Hall–Kier alpha value is -2.89. The maximum absolute atomic E-state index is 14.0. The number of benzene rings is 2. The molecule has 0 saturated heterocycles. The van der Waals surface area contributed by atoms with Gasteiger partial charge in [0, 0.05) is 5.69 Å². The third kappa shape index (κ3) is 5.91. The van der Waals surface area contributed by atoms with Gasteiger partial charge >= 0.3 is 12.1 Å². The van der Waals surface area contributed by atoms with Crippen LogP contribution in [0.25, 0.3) is 0 Å². The highest BCUT2D eigenvalue weighted by Crippen LogP contribution is 2.16. The van der Waals surface area contributed by atoms with E-state index in [0.29, 0.717) is 0 Å². The Bertz CT molecular complexity index is 719. The van der Waals surface area contributed by atoms with E-state index >= 15 is 0 Å². The molecule has 0 radical (unpaired) electrons. The van der Waals surface area contributed by atoms with Crippen LogP contribution in [0, 0.1) is 5.82 Å². The number of hydrogen-bond donors (Lipinski definition) is 1. The predicted octanol–water partition coefficient (Wildman–Crippen LogP) is 4.53. The molecule has 0 spiro atoms. The van der Waals surface area contributed by atoms with Gasteiger partial charge in [-0.15, -0.1) is 0 Å². The smallest absolute Gasteiger partial charge is 0.411 e. The van der Waals surface area contributed by atoms with Crippen LogP contribution in [-0.4, -0.2) is 18.7 Å². The van der Waals surface area contributed by atoms with Crippen molar-refractivity contribution in [2.45, 2.75) is 26.4 Å². The summed E-state index contributed by atoms with van der Waals surface area (Å²) in [4.78, 5) is 23.5. The maximum Gasteiger partial charge on any atom is 0.411 e. The molecule has 1 amide bonds. The number of amides is 1. The minimum absolute atomic E-state index is 0.108. The van der Waals surface area contributed by atoms with E-state index < -0.39 is 17.9 Å². The molecule has 5 nitrogen and oxygen atoms in total. The van der Waals surface area contributed by atoms with Crippen LogP contribution >= 0.6 is 0 Å². The molecule has 0 heterocycles. The molecule has 0 unspecified atom stereocenters. The van der Waals surface area contributed by atoms with Gasteiger partial charge in [-0.2, -0.15) is 0 Å². The van der Waals surface area contributed by atoms with Gasteiger partial charge in [-0.3, -0.25) is 5.32 Å². The lowest BCUT2D eigenvalue weighted by Gasteiger charge is -2.09. The molecule has 0 fully saturated rings. The summed E-state index contributed by atoms with van der Waals surface area (Å²) in [5, 5.41) is 2.42. The second-order valence-electron chi connectivity index (χ2n) is 5.37. The Morgan fingerprint density at radius 1 is 1.08 bits per heavy atom. The van der Waals surface area contributed by atoms with Gasteiger partial charge in [-0.05, 0) is 30.2 Å². The summed E-state index contributed by atoms with van der Waals surface area (Å²) in [6, 6.07) is 12.9. The summed E-state index contributed by atoms with van der Waals surface area (Å²) in [5.74, 6) is -1.48. The summed E-state index contributed by atoms with van der Waals surface area (Å²) in [7, 11) is 0. The standard InChI is InChI=1S/C19H20FNO4/c1-2-3-11-24-18(22)16-10-9-15(12-17(16)20)21-19(23)25-13-14-7-5-4-6-8-14/h4-10,12H,2-3,11,13H2,1H3,(H,21,23). The normalized spacial score (nSPS) is 10.2. The third-order valence-corrected chi connectivity index (χ3v) is 3.38. The zero-order valence-electron chi connectivity index (χ0n) is 14.0. The molecular formula is C19H20FNO4. The van der Waals surface area contributed by atoms with Gasteiger partial charge in [0.25, 0.3) is 0 Å². The molecule has 0 aliphatic carbocycles. The molecule has 2 aromatic carbocycles. The molecule has 25 heavy (non-hydrogen) atoms. The Morgan fingerprint density at radius 3 is 2.52 bits per heavy atom. The lowest BCUT2D eigenvalue weighted by molar-refractivity contribution is 0.0494. The van der Waals surface area contributed by atoms with Crippen molar-refractivity contribution in [3.63, 3.8) is 0 Å². The monoisotopic (exact) mass is 345 g/mol. The van der Waals surface area contributed by atoms with E-state index in [2.05, 4.69) is 5.32 Å². The average molecular weight is 345 g/mol. The average Bonchev–Trinajstić information content (AvgIpc) is 2.61. The Kier molecular flexibility index (Phi) is 6.95. The molecule has 0 aliphatic rings. The maximum atomic E-state index is 14.0. The Balaban J connectivity index is 1.89. The fourth-order valence-electron chi connectivity index (χ4n) is 2.02. The number of nitrogens with one attached hydrogen (secondary N) is 1. The molecule has 1 N–H and O–H groups in total. The summed E-state index contributed by atoms with van der Waals surface area (Å²) >= 11 is 0. The first-order valence-electron chi connectivity index (χ1n) is 8.04. The second-order valence-corrected chi connectivity index (χ2v) is 5.37. The number of esters is 1. The number of halogens is 1. The van der Waals surface area contributed by atoms with Crippen molar-refractivity contribution in [3.8, 4) is 0 Å². The summed E-state index contributed by atoms with van der Waals surface area (Å²) < 4.78 is 24.0. The molecule has 2 rings (SSSR count). The second kappa shape index (κ2) is 9.42. The van der Waals surface area contributed by atoms with Gasteiger partial charge in [0.15, 0.2) is 0 Å². The fourth-order valence-corrected chi connectivity index (χ4v) is 2.02. The van der Waals surface area contributed by atoms with Gasteiger partial charge in [0.2, 0.25) is 0 Å². The highest BCUT2D eigenvalue weighted by atomic mass is 19.1. The largest absolute Gasteiger partial charge is 0.462 e. The molecule has 0 aliphatic heterocycles. The first-order chi connectivity index (χ1) is 12.1. The molecular weight excluding hydrogens is 325 g/mol. The summed E-state index contributed by atoms with van der Waals surface area (Å²) in [6.45, 7) is 2.32. The molecule has 132 valence electrons. The Morgan fingerprint density at radius 2 is 1.84 bits per heavy atom. The molecule has 0 bridgehead atoms. The highest BCUT2D eigenvalue weighted by Gasteiger charge is 2.14. The molecule has 6 heteroatoms. The van der Waals surface area contributed by atoms with Gasteiger partial charge < -0.3 is 9.47 Å². The van der Waals surface area contributed by atoms with Crippen molar-refractivity contribution in [1.82, 2.24) is 0 Å². The van der Waals surface area contributed by atoms with Gasteiger partial charge in [-0.25, -0.2) is 14.0 Å². The van der Waals surface area contributed by atoms with Crippen LogP contribution in [-0.2, 0) is 16.1 Å². The number of unbranched alkanes of at least 4 members (excludes halogenated alkanes) is 1. The molecule has 2 aromatic rings. The lowest BCUT2D eigenvalue weighted by atomic mass is 10.2. The molecule has 0 aromatic heterocycles. The number of hydrogen-bond acceptors (Lipinski definition) is 4. The van der Waals surface area contributed by atoms with E-state index in [0.717, 1.165) is 24.5 Å². The zero-order valence-corrected chi connectivity index (χ0v) is 14.0. The van der Waals surface area contributed by atoms with E-state index in [-0.39, 0.29) is 24.5 Å². The number of anilines is 1. The van der Waals surface area contributed by atoms with Crippen LogP contribution < -0.4 is 5.32 Å². The zero-order chi connectivity index (χ0) is 18.1. The van der Waals surface area contributed by atoms with Crippen LogP contribution in [0.5, 0.6) is 0 Å². The summed E-state index contributed by atoms with van der Waals surface area (Å²) in [6.07, 6.45) is 0.894. The predicted molar refractivity (Wildman–Crippen MR) is 91.8 cm³/mol. The third-order valence-electron chi connectivity index (χ3n) is 3.38. The van der Waals surface area contributed by atoms with Crippen molar-refractivity contribution in [3.05, 3.63) is 65.5 Å². The van der Waals surface area contributed by atoms with Crippen molar-refractivity contribution in [2.75, 3.05) is 11.9 Å². The first-order valence-corrected chi connectivity index (χ1v) is 8.04. The van der Waals surface area contributed by atoms with E-state index in [1.54, 1.807) is 0 Å². The first kappa shape index (κ1) is 18.4. The quantitative estimate of drug-likeness (QED) is 0.591. The van der Waals surface area contributed by atoms with Crippen LogP contribution in [0.2, 0.25) is 0 Å². The highest BCUT2D eigenvalue weighted by molar-refractivity contribution is 5.91. The van der Waals surface area contributed by atoms with E-state index in [9.17, 15) is 14.0 Å². The van der Waals surface area contributed by atoms with Crippen molar-refractivity contribution < 1.29 is 23.5 Å². The fraction of sp³-hybridized carbons (Fsp3) is 0.263. The molecule has 0 atom stereocenters. The minimum Gasteiger partial charge on any atom is -0.462 e. The van der Waals surface area contributed by atoms with Gasteiger partial charge in [-0.1, -0.05) is 43.7 Å². The minimum atomic E-state index is -0.762. The van der Waals surface area contributed by atoms with Crippen molar-refractivity contribution in [2.24, 2.45) is 0 Å². The van der Waals surface area contributed by atoms with Crippen molar-refractivity contribution >= 4 is 17.7 Å². The van der Waals surface area contributed by atoms with E-state index in [1.807, 2.05) is 37.3 Å². The lowest BCUT2D eigenvalue weighted by Crippen LogP contribution is -2.14. The van der Waals surface area contributed by atoms with Crippen LogP contribution in [0.1, 0.15) is 35.7 Å². The molecule has 0 saturated carbocycles. The van der Waals surface area contributed by atoms with E-state index in [4.69, 9.17) is 9.47 Å². The number of ether oxygens (including phenoxy) is 2. The van der Waals surface area contributed by atoms with Gasteiger partial charge in [0.05, 0.1) is 12.2 Å².